The zero-order chi connectivity index (χ0) is 11.6. The normalized spacial score (nSPS) is 10.7. The lowest BCUT2D eigenvalue weighted by atomic mass is 10.1. The molecule has 82 valence electrons. The molecule has 7 heteroatoms. The minimum Gasteiger partial charge on any atom is -0.505 e. The van der Waals surface area contributed by atoms with Gasteiger partial charge in [0.05, 0.1) is 11.6 Å². The highest BCUT2D eigenvalue weighted by atomic mass is 35.5. The monoisotopic (exact) mass is 237 g/mol. The first kappa shape index (κ1) is 11.6. The molecule has 1 heterocycles. The Hall–Kier alpha value is -1.43. The number of carbonyl (C=O) groups is 1. The minimum absolute atomic E-state index is 0.271. The average Bonchev–Trinajstić information content (AvgIpc) is 2.17. The zero-order valence-electron chi connectivity index (χ0n) is 7.25. The number of nitrogens with zero attached hydrogens (tertiary/aromatic N) is 1. The molecular formula is C8H6ClF2NO3. The van der Waals surface area contributed by atoms with E-state index in [9.17, 15) is 18.7 Å². The van der Waals surface area contributed by atoms with Crippen LogP contribution in [0.2, 0.25) is 0 Å². The van der Waals surface area contributed by atoms with Crippen molar-refractivity contribution in [1.29, 1.82) is 0 Å². The van der Waals surface area contributed by atoms with Crippen LogP contribution >= 0.6 is 11.6 Å². The fourth-order valence-electron chi connectivity index (χ4n) is 0.981. The number of alkyl halides is 3. The summed E-state index contributed by atoms with van der Waals surface area (Å²) in [5.41, 5.74) is -1.62. The molecule has 15 heavy (non-hydrogen) atoms. The fourth-order valence-corrected chi connectivity index (χ4v) is 1.17. The van der Waals surface area contributed by atoms with E-state index in [4.69, 9.17) is 16.7 Å². The third-order valence-corrected chi connectivity index (χ3v) is 1.92. The second-order valence-electron chi connectivity index (χ2n) is 2.63. The molecule has 0 radical (unpaired) electrons. The maximum Gasteiger partial charge on any atom is 0.339 e. The van der Waals surface area contributed by atoms with Gasteiger partial charge >= 0.3 is 5.97 Å². The Morgan fingerprint density at radius 2 is 2.20 bits per heavy atom. The van der Waals surface area contributed by atoms with E-state index in [1.54, 1.807) is 0 Å². The van der Waals surface area contributed by atoms with Crippen molar-refractivity contribution in [3.8, 4) is 5.75 Å². The number of hydrogen-bond acceptors (Lipinski definition) is 3. The summed E-state index contributed by atoms with van der Waals surface area (Å²) in [6.07, 6.45) is -2.91. The summed E-state index contributed by atoms with van der Waals surface area (Å²) in [5.74, 6) is -2.53. The predicted octanol–water partition coefficient (Wildman–Crippen LogP) is 2.16. The van der Waals surface area contributed by atoms with Crippen LogP contribution in [0.25, 0.3) is 0 Å². The quantitative estimate of drug-likeness (QED) is 0.791. The predicted molar refractivity (Wildman–Crippen MR) is 47.4 cm³/mol. The van der Waals surface area contributed by atoms with Crippen molar-refractivity contribution in [2.75, 3.05) is 0 Å². The SMILES string of the molecule is O=C(O)c1cc(C(F)F)nc(CCl)c1O. The molecule has 0 aromatic carbocycles. The molecule has 0 spiro atoms. The number of aromatic hydroxyl groups is 1. The van der Waals surface area contributed by atoms with Crippen molar-refractivity contribution in [3.05, 3.63) is 23.0 Å². The van der Waals surface area contributed by atoms with E-state index in [1.807, 2.05) is 0 Å². The molecule has 1 rings (SSSR count). The summed E-state index contributed by atoms with van der Waals surface area (Å²) < 4.78 is 24.6. The molecule has 0 saturated heterocycles. The molecule has 0 saturated carbocycles. The number of aromatic carboxylic acids is 1. The van der Waals surface area contributed by atoms with Crippen LogP contribution in [0.5, 0.6) is 5.75 Å². The number of aromatic nitrogens is 1. The zero-order valence-corrected chi connectivity index (χ0v) is 8.00. The van der Waals surface area contributed by atoms with Gasteiger partial charge in [-0.15, -0.1) is 11.6 Å². The van der Waals surface area contributed by atoms with Crippen molar-refractivity contribution < 1.29 is 23.8 Å². The molecule has 0 amide bonds. The molecule has 0 bridgehead atoms. The number of halogens is 3. The van der Waals surface area contributed by atoms with E-state index < -0.39 is 29.4 Å². The minimum atomic E-state index is -2.91. The summed E-state index contributed by atoms with van der Waals surface area (Å²) in [4.78, 5) is 13.9. The highest BCUT2D eigenvalue weighted by Crippen LogP contribution is 2.27. The lowest BCUT2D eigenvalue weighted by molar-refractivity contribution is 0.0692. The molecule has 1 aromatic heterocycles. The maximum atomic E-state index is 12.3. The van der Waals surface area contributed by atoms with Gasteiger partial charge in [-0.3, -0.25) is 0 Å². The first-order chi connectivity index (χ1) is 6.97. The number of rotatable bonds is 3. The van der Waals surface area contributed by atoms with Crippen LogP contribution in [0, 0.1) is 0 Å². The average molecular weight is 238 g/mol. The van der Waals surface area contributed by atoms with Crippen LogP contribution in [-0.4, -0.2) is 21.2 Å². The standard InChI is InChI=1S/C8H6ClF2NO3/c9-2-5-6(13)3(8(14)15)1-4(12-5)7(10)11/h1,7,13H,2H2,(H,14,15). The third kappa shape index (κ3) is 2.33. The van der Waals surface area contributed by atoms with Crippen molar-refractivity contribution in [2.24, 2.45) is 0 Å². The van der Waals surface area contributed by atoms with Gasteiger partial charge in [-0.25, -0.2) is 18.6 Å². The van der Waals surface area contributed by atoms with E-state index >= 15 is 0 Å². The van der Waals surface area contributed by atoms with Crippen molar-refractivity contribution in [2.45, 2.75) is 12.3 Å². The topological polar surface area (TPSA) is 70.4 Å². The van der Waals surface area contributed by atoms with Crippen LogP contribution in [0.1, 0.15) is 28.2 Å². The van der Waals surface area contributed by atoms with Gasteiger partial charge in [0.2, 0.25) is 0 Å². The van der Waals surface area contributed by atoms with Gasteiger partial charge in [-0.2, -0.15) is 0 Å². The Bertz CT molecular complexity index is 398. The van der Waals surface area contributed by atoms with Gasteiger partial charge in [-0.1, -0.05) is 0 Å². The van der Waals surface area contributed by atoms with Crippen LogP contribution in [-0.2, 0) is 5.88 Å². The van der Waals surface area contributed by atoms with Gasteiger partial charge in [-0.05, 0) is 6.07 Å². The van der Waals surface area contributed by atoms with Crippen molar-refractivity contribution in [3.63, 3.8) is 0 Å². The Morgan fingerprint density at radius 1 is 1.60 bits per heavy atom. The highest BCUT2D eigenvalue weighted by molar-refractivity contribution is 6.17. The molecule has 4 nitrogen and oxygen atoms in total. The van der Waals surface area contributed by atoms with Crippen molar-refractivity contribution >= 4 is 17.6 Å². The van der Waals surface area contributed by atoms with Crippen LogP contribution in [0.15, 0.2) is 6.07 Å². The van der Waals surface area contributed by atoms with Gasteiger partial charge in [0.25, 0.3) is 6.43 Å². The number of hydrogen-bond donors (Lipinski definition) is 2. The van der Waals surface area contributed by atoms with Gasteiger partial charge < -0.3 is 10.2 Å². The second-order valence-corrected chi connectivity index (χ2v) is 2.90. The van der Waals surface area contributed by atoms with Crippen LogP contribution in [0.3, 0.4) is 0 Å². The largest absolute Gasteiger partial charge is 0.505 e. The van der Waals surface area contributed by atoms with Gasteiger partial charge in [0.1, 0.15) is 11.3 Å². The molecule has 2 N–H and O–H groups in total. The molecule has 0 fully saturated rings. The molecule has 0 unspecified atom stereocenters. The van der Waals surface area contributed by atoms with Gasteiger partial charge in [0.15, 0.2) is 5.75 Å². The van der Waals surface area contributed by atoms with E-state index in [-0.39, 0.29) is 11.6 Å². The summed E-state index contributed by atoms with van der Waals surface area (Å²) in [7, 11) is 0. The first-order valence-corrected chi connectivity index (χ1v) is 4.31. The van der Waals surface area contributed by atoms with E-state index in [2.05, 4.69) is 4.98 Å². The molecule has 0 atom stereocenters. The maximum absolute atomic E-state index is 12.3. The van der Waals surface area contributed by atoms with Crippen LogP contribution < -0.4 is 0 Å². The Morgan fingerprint density at radius 3 is 2.60 bits per heavy atom. The Labute approximate surface area is 88.1 Å². The summed E-state index contributed by atoms with van der Waals surface area (Å²) in [5, 5.41) is 17.9. The highest BCUT2D eigenvalue weighted by Gasteiger charge is 2.20. The van der Waals surface area contributed by atoms with Gasteiger partial charge in [0, 0.05) is 0 Å². The molecule has 0 aliphatic carbocycles. The fraction of sp³-hybridized carbons (Fsp3) is 0.250. The second kappa shape index (κ2) is 4.39. The number of carboxylic acids is 1. The molecule has 1 aromatic rings. The van der Waals surface area contributed by atoms with Crippen molar-refractivity contribution in [1.82, 2.24) is 4.98 Å². The Balaban J connectivity index is 3.38. The third-order valence-electron chi connectivity index (χ3n) is 1.67. The smallest absolute Gasteiger partial charge is 0.339 e. The lowest BCUT2D eigenvalue weighted by Crippen LogP contribution is -2.04. The summed E-state index contributed by atoms with van der Waals surface area (Å²) >= 11 is 5.33. The number of carboxylic acid groups (broad SMARTS) is 1. The van der Waals surface area contributed by atoms with E-state index in [1.165, 1.54) is 0 Å². The van der Waals surface area contributed by atoms with E-state index in [0.29, 0.717) is 6.07 Å². The lowest BCUT2D eigenvalue weighted by Gasteiger charge is -2.07. The molecule has 0 aliphatic heterocycles. The first-order valence-electron chi connectivity index (χ1n) is 3.77. The Kier molecular flexibility index (Phi) is 3.41. The summed E-state index contributed by atoms with van der Waals surface area (Å²) in [6.45, 7) is 0. The molecular weight excluding hydrogens is 232 g/mol. The summed E-state index contributed by atoms with van der Waals surface area (Å²) in [6, 6.07) is 0.623. The number of pyridine rings is 1. The molecule has 0 aliphatic rings. The van der Waals surface area contributed by atoms with E-state index in [0.717, 1.165) is 0 Å². The van der Waals surface area contributed by atoms with Crippen LogP contribution in [0.4, 0.5) is 8.78 Å².